The third-order valence-electron chi connectivity index (χ3n) is 3.34. The highest BCUT2D eigenvalue weighted by Crippen LogP contribution is 2.19. The van der Waals surface area contributed by atoms with Gasteiger partial charge < -0.3 is 5.32 Å². The van der Waals surface area contributed by atoms with Crippen LogP contribution in [0.4, 0.5) is 5.69 Å². The molecule has 2 aromatic heterocycles. The normalized spacial score (nSPS) is 10.9. The Morgan fingerprint density at radius 3 is 2.70 bits per heavy atom. The molecule has 0 saturated carbocycles. The van der Waals surface area contributed by atoms with Gasteiger partial charge in [0.1, 0.15) is 6.54 Å². The smallest absolute Gasteiger partial charge is 0.248 e. The van der Waals surface area contributed by atoms with Gasteiger partial charge in [0.15, 0.2) is 0 Å². The molecule has 1 amide bonds. The number of tetrazole rings is 1. The van der Waals surface area contributed by atoms with Crippen LogP contribution in [-0.4, -0.2) is 26.1 Å². The number of nitrogens with one attached hydrogen (secondary N) is 1. The number of thiophene rings is 1. The average molecular weight is 327 g/mol. The second-order valence-corrected chi connectivity index (χ2v) is 6.39. The summed E-state index contributed by atoms with van der Waals surface area (Å²) in [6.07, 6.45) is 0. The Morgan fingerprint density at radius 1 is 1.26 bits per heavy atom. The minimum absolute atomic E-state index is 0.0321. The Bertz CT molecular complexity index is 777. The van der Waals surface area contributed by atoms with Crippen molar-refractivity contribution < 1.29 is 4.79 Å². The van der Waals surface area contributed by atoms with Gasteiger partial charge in [0.25, 0.3) is 0 Å². The molecule has 0 aliphatic heterocycles. The van der Waals surface area contributed by atoms with Crippen LogP contribution < -0.4 is 5.32 Å². The molecule has 0 aliphatic rings. The van der Waals surface area contributed by atoms with Gasteiger partial charge in [-0.2, -0.15) is 4.80 Å². The number of carbonyl (C=O) groups is 1. The largest absolute Gasteiger partial charge is 0.324 e. The highest BCUT2D eigenvalue weighted by molar-refractivity contribution is 7.13. The van der Waals surface area contributed by atoms with Crippen LogP contribution >= 0.6 is 11.3 Å². The number of aromatic nitrogens is 4. The fraction of sp³-hybridized carbons (Fsp3) is 0.250. The predicted molar refractivity (Wildman–Crippen MR) is 90.3 cm³/mol. The number of hydrogen-bond acceptors (Lipinski definition) is 5. The van der Waals surface area contributed by atoms with Crippen LogP contribution in [0.25, 0.3) is 10.7 Å². The maximum absolute atomic E-state index is 12.1. The Balaban J connectivity index is 1.61. The van der Waals surface area contributed by atoms with E-state index in [0.717, 1.165) is 10.6 Å². The maximum Gasteiger partial charge on any atom is 0.248 e. The van der Waals surface area contributed by atoms with Crippen LogP contribution in [0.2, 0.25) is 0 Å². The van der Waals surface area contributed by atoms with Crippen LogP contribution in [0.5, 0.6) is 0 Å². The molecular formula is C16H17N5OS. The van der Waals surface area contributed by atoms with Crippen LogP contribution in [0.3, 0.4) is 0 Å². The highest BCUT2D eigenvalue weighted by Gasteiger charge is 2.10. The number of carbonyl (C=O) groups excluding carboxylic acids is 1. The van der Waals surface area contributed by atoms with Crippen molar-refractivity contribution in [3.63, 3.8) is 0 Å². The van der Waals surface area contributed by atoms with Gasteiger partial charge in [-0.25, -0.2) is 0 Å². The topological polar surface area (TPSA) is 72.7 Å². The Labute approximate surface area is 138 Å². The second-order valence-electron chi connectivity index (χ2n) is 5.45. The van der Waals surface area contributed by atoms with E-state index >= 15 is 0 Å². The van der Waals surface area contributed by atoms with Crippen molar-refractivity contribution in [2.45, 2.75) is 26.3 Å². The summed E-state index contributed by atoms with van der Waals surface area (Å²) in [5.74, 6) is 0.821. The number of rotatable bonds is 5. The summed E-state index contributed by atoms with van der Waals surface area (Å²) in [7, 11) is 0. The molecule has 118 valence electrons. The molecular weight excluding hydrogens is 310 g/mol. The van der Waals surface area contributed by atoms with Crippen LogP contribution in [0.1, 0.15) is 25.3 Å². The molecule has 0 radical (unpaired) electrons. The molecule has 7 heteroatoms. The van der Waals surface area contributed by atoms with E-state index < -0.39 is 0 Å². The monoisotopic (exact) mass is 327 g/mol. The van der Waals surface area contributed by atoms with Crippen molar-refractivity contribution in [3.05, 3.63) is 47.3 Å². The van der Waals surface area contributed by atoms with Gasteiger partial charge in [-0.1, -0.05) is 32.0 Å². The molecule has 1 aromatic carbocycles. The molecule has 0 unspecified atom stereocenters. The Hall–Kier alpha value is -2.54. The van der Waals surface area contributed by atoms with Crippen molar-refractivity contribution >= 4 is 22.9 Å². The summed E-state index contributed by atoms with van der Waals surface area (Å²) in [4.78, 5) is 14.3. The van der Waals surface area contributed by atoms with Gasteiger partial charge in [-0.15, -0.1) is 21.5 Å². The van der Waals surface area contributed by atoms with Crippen molar-refractivity contribution in [1.82, 2.24) is 20.2 Å². The first-order valence-electron chi connectivity index (χ1n) is 7.33. The number of benzene rings is 1. The summed E-state index contributed by atoms with van der Waals surface area (Å²) in [5.41, 5.74) is 2.00. The number of hydrogen-bond donors (Lipinski definition) is 1. The molecule has 0 saturated heterocycles. The number of nitrogens with zero attached hydrogens (tertiary/aromatic N) is 4. The van der Waals surface area contributed by atoms with Gasteiger partial charge in [-0.05, 0) is 40.3 Å². The van der Waals surface area contributed by atoms with Gasteiger partial charge in [0.05, 0.1) is 4.88 Å². The second kappa shape index (κ2) is 6.70. The molecule has 2 heterocycles. The summed E-state index contributed by atoms with van der Waals surface area (Å²) in [6.45, 7) is 4.30. The zero-order valence-corrected chi connectivity index (χ0v) is 13.7. The lowest BCUT2D eigenvalue weighted by Gasteiger charge is -2.08. The number of anilines is 1. The van der Waals surface area contributed by atoms with E-state index in [1.54, 1.807) is 0 Å². The minimum Gasteiger partial charge on any atom is -0.324 e. The average Bonchev–Trinajstić information content (AvgIpc) is 3.18. The molecule has 0 spiro atoms. The summed E-state index contributed by atoms with van der Waals surface area (Å²) < 4.78 is 0. The van der Waals surface area contributed by atoms with Gasteiger partial charge in [0.2, 0.25) is 11.7 Å². The zero-order valence-electron chi connectivity index (χ0n) is 12.9. The van der Waals surface area contributed by atoms with Crippen LogP contribution in [0, 0.1) is 0 Å². The van der Waals surface area contributed by atoms with E-state index in [-0.39, 0.29) is 12.5 Å². The van der Waals surface area contributed by atoms with E-state index in [1.807, 2.05) is 41.8 Å². The van der Waals surface area contributed by atoms with Crippen LogP contribution in [0.15, 0.2) is 41.8 Å². The summed E-state index contributed by atoms with van der Waals surface area (Å²) >= 11 is 1.54. The quantitative estimate of drug-likeness (QED) is 0.781. The van der Waals surface area contributed by atoms with E-state index in [4.69, 9.17) is 0 Å². The minimum atomic E-state index is -0.183. The summed E-state index contributed by atoms with van der Waals surface area (Å²) in [6, 6.07) is 11.7. The molecule has 0 fully saturated rings. The van der Waals surface area contributed by atoms with Crippen LogP contribution in [-0.2, 0) is 11.3 Å². The van der Waals surface area contributed by atoms with Crippen molar-refractivity contribution in [2.75, 3.05) is 5.32 Å². The van der Waals surface area contributed by atoms with E-state index in [0.29, 0.717) is 11.7 Å². The molecule has 23 heavy (non-hydrogen) atoms. The van der Waals surface area contributed by atoms with Crippen molar-refractivity contribution in [3.8, 4) is 10.7 Å². The third-order valence-corrected chi connectivity index (χ3v) is 4.21. The molecule has 0 aliphatic carbocycles. The van der Waals surface area contributed by atoms with E-state index in [9.17, 15) is 4.79 Å². The van der Waals surface area contributed by atoms with Gasteiger partial charge in [-0.3, -0.25) is 4.79 Å². The Kier molecular flexibility index (Phi) is 4.47. The highest BCUT2D eigenvalue weighted by atomic mass is 32.1. The lowest BCUT2D eigenvalue weighted by Crippen LogP contribution is -2.20. The van der Waals surface area contributed by atoms with E-state index in [2.05, 4.69) is 34.6 Å². The molecule has 0 bridgehead atoms. The molecule has 3 aromatic rings. The van der Waals surface area contributed by atoms with E-state index in [1.165, 1.54) is 21.7 Å². The molecule has 3 rings (SSSR count). The molecule has 6 nitrogen and oxygen atoms in total. The first-order valence-corrected chi connectivity index (χ1v) is 8.21. The SMILES string of the molecule is CC(C)c1ccc(NC(=O)Cn2nnc(-c3cccs3)n2)cc1. The fourth-order valence-electron chi connectivity index (χ4n) is 2.09. The number of amides is 1. The third kappa shape index (κ3) is 3.81. The molecule has 0 atom stereocenters. The zero-order chi connectivity index (χ0) is 16.2. The lowest BCUT2D eigenvalue weighted by molar-refractivity contribution is -0.117. The first-order chi connectivity index (χ1) is 11.1. The fourth-order valence-corrected chi connectivity index (χ4v) is 2.74. The predicted octanol–water partition coefficient (Wildman–Crippen LogP) is 3.16. The standard InChI is InChI=1S/C16H17N5OS/c1-11(2)12-5-7-13(8-6-12)17-15(22)10-21-19-16(18-20-21)14-4-3-9-23-14/h3-9,11H,10H2,1-2H3,(H,17,22). The van der Waals surface area contributed by atoms with Crippen molar-refractivity contribution in [1.29, 1.82) is 0 Å². The van der Waals surface area contributed by atoms with Gasteiger partial charge in [0, 0.05) is 5.69 Å². The van der Waals surface area contributed by atoms with Crippen molar-refractivity contribution in [2.24, 2.45) is 0 Å². The first kappa shape index (κ1) is 15.4. The van der Waals surface area contributed by atoms with Gasteiger partial charge >= 0.3 is 0 Å². The molecule has 1 N–H and O–H groups in total. The summed E-state index contributed by atoms with van der Waals surface area (Å²) in [5, 5.41) is 16.9. The Morgan fingerprint density at radius 2 is 2.04 bits per heavy atom. The lowest BCUT2D eigenvalue weighted by atomic mass is 10.0. The maximum atomic E-state index is 12.1.